The number of ether oxygens (including phenoxy) is 1. The molecule has 1 heterocycles. The molecule has 1 aliphatic carbocycles. The average Bonchev–Trinajstić information content (AvgIpc) is 2.82. The van der Waals surface area contributed by atoms with Crippen LogP contribution >= 0.6 is 0 Å². The van der Waals surface area contributed by atoms with Crippen LogP contribution < -0.4 is 0 Å². The lowest BCUT2D eigenvalue weighted by atomic mass is 10.1. The third-order valence-electron chi connectivity index (χ3n) is 3.87. The average molecular weight is 284 g/mol. The molecule has 2 aliphatic rings. The number of carbonyl (C=O) groups is 2. The van der Waals surface area contributed by atoms with Crippen LogP contribution in [-0.4, -0.2) is 65.3 Å². The van der Waals surface area contributed by atoms with Gasteiger partial charge < -0.3 is 14.7 Å². The van der Waals surface area contributed by atoms with E-state index in [4.69, 9.17) is 4.74 Å². The second kappa shape index (κ2) is 6.43. The first-order valence-electron chi connectivity index (χ1n) is 7.36. The van der Waals surface area contributed by atoms with Gasteiger partial charge in [0.1, 0.15) is 6.54 Å². The molecule has 1 saturated heterocycles. The Morgan fingerprint density at radius 3 is 2.70 bits per heavy atom. The van der Waals surface area contributed by atoms with Gasteiger partial charge >= 0.3 is 6.09 Å². The topological polar surface area (TPSA) is 70.1 Å². The lowest BCUT2D eigenvalue weighted by Gasteiger charge is -2.37. The molecule has 6 heteroatoms. The Kier molecular flexibility index (Phi) is 4.86. The summed E-state index contributed by atoms with van der Waals surface area (Å²) >= 11 is 0. The number of nitrogens with zero attached hydrogens (tertiary/aromatic N) is 2. The van der Waals surface area contributed by atoms with Crippen molar-refractivity contribution in [3.8, 4) is 0 Å². The van der Waals surface area contributed by atoms with Gasteiger partial charge in [0.25, 0.3) is 0 Å². The molecule has 0 aromatic heterocycles. The molecule has 1 N–H and O–H groups in total. The van der Waals surface area contributed by atoms with Crippen molar-refractivity contribution in [2.45, 2.75) is 45.3 Å². The van der Waals surface area contributed by atoms with E-state index in [2.05, 4.69) is 0 Å². The molecule has 0 aromatic carbocycles. The van der Waals surface area contributed by atoms with Gasteiger partial charge in [-0.25, -0.2) is 4.79 Å². The third kappa shape index (κ3) is 3.62. The first-order chi connectivity index (χ1) is 9.47. The van der Waals surface area contributed by atoms with E-state index in [9.17, 15) is 14.7 Å². The van der Waals surface area contributed by atoms with Crippen molar-refractivity contribution in [3.63, 3.8) is 0 Å². The number of rotatable bonds is 3. The highest BCUT2D eigenvalue weighted by Crippen LogP contribution is 2.25. The van der Waals surface area contributed by atoms with E-state index in [1.165, 1.54) is 4.90 Å². The van der Waals surface area contributed by atoms with Crippen molar-refractivity contribution >= 4 is 12.0 Å². The Morgan fingerprint density at radius 2 is 2.15 bits per heavy atom. The molecule has 2 amide bonds. The quantitative estimate of drug-likeness (QED) is 0.833. The summed E-state index contributed by atoms with van der Waals surface area (Å²) in [6.45, 7) is 5.46. The molecule has 0 spiro atoms. The molecule has 0 radical (unpaired) electrons. The van der Waals surface area contributed by atoms with Crippen molar-refractivity contribution < 1.29 is 19.4 Å². The summed E-state index contributed by atoms with van der Waals surface area (Å²) in [5.74, 6) is 0.243. The van der Waals surface area contributed by atoms with Gasteiger partial charge in [-0.05, 0) is 25.2 Å². The van der Waals surface area contributed by atoms with Crippen LogP contribution in [0, 0.1) is 5.92 Å². The van der Waals surface area contributed by atoms with Gasteiger partial charge in [0.05, 0.1) is 12.7 Å². The number of aliphatic hydroxyl groups excluding tert-OH is 1. The van der Waals surface area contributed by atoms with Crippen LogP contribution in [-0.2, 0) is 9.53 Å². The van der Waals surface area contributed by atoms with Gasteiger partial charge in [-0.3, -0.25) is 9.69 Å². The SMILES string of the molecule is CC(C)COC(=O)N1CCN([C@H]2CC[C@H](O)C2)C(=O)C1. The number of amides is 2. The van der Waals surface area contributed by atoms with E-state index in [1.807, 2.05) is 18.7 Å². The Hall–Kier alpha value is -1.30. The zero-order chi connectivity index (χ0) is 14.7. The van der Waals surface area contributed by atoms with E-state index in [0.29, 0.717) is 26.1 Å². The molecule has 0 bridgehead atoms. The summed E-state index contributed by atoms with van der Waals surface area (Å²) in [4.78, 5) is 27.2. The minimum absolute atomic E-state index is 0.0446. The Labute approximate surface area is 119 Å². The van der Waals surface area contributed by atoms with Crippen LogP contribution in [0.1, 0.15) is 33.1 Å². The maximum Gasteiger partial charge on any atom is 0.410 e. The van der Waals surface area contributed by atoms with Crippen molar-refractivity contribution in [2.24, 2.45) is 5.92 Å². The molecule has 114 valence electrons. The molecule has 0 aromatic rings. The molecular formula is C14H24N2O4. The van der Waals surface area contributed by atoms with E-state index in [-0.39, 0.29) is 30.5 Å². The standard InChI is InChI=1S/C14H24N2O4/c1-10(2)9-20-14(19)15-5-6-16(13(18)8-15)11-3-4-12(17)7-11/h10-12,17H,3-9H2,1-2H3/t11-,12-/m0/s1. The predicted octanol–water partition coefficient (Wildman–Crippen LogP) is 0.837. The van der Waals surface area contributed by atoms with Crippen LogP contribution in [0.25, 0.3) is 0 Å². The fourth-order valence-electron chi connectivity index (χ4n) is 2.78. The maximum absolute atomic E-state index is 12.1. The molecule has 2 fully saturated rings. The summed E-state index contributed by atoms with van der Waals surface area (Å²) in [6, 6.07) is 0.131. The number of hydrogen-bond donors (Lipinski definition) is 1. The van der Waals surface area contributed by atoms with Crippen molar-refractivity contribution in [1.29, 1.82) is 0 Å². The second-order valence-electron chi connectivity index (χ2n) is 6.10. The van der Waals surface area contributed by atoms with Crippen LogP contribution in [0.15, 0.2) is 0 Å². The molecule has 2 atom stereocenters. The second-order valence-corrected chi connectivity index (χ2v) is 6.10. The highest BCUT2D eigenvalue weighted by atomic mass is 16.6. The van der Waals surface area contributed by atoms with Gasteiger partial charge in [-0.15, -0.1) is 0 Å². The van der Waals surface area contributed by atoms with Crippen molar-refractivity contribution in [3.05, 3.63) is 0 Å². The normalized spacial score (nSPS) is 27.3. The van der Waals surface area contributed by atoms with Crippen LogP contribution in [0.2, 0.25) is 0 Å². The van der Waals surface area contributed by atoms with Crippen LogP contribution in [0.4, 0.5) is 4.79 Å². The van der Waals surface area contributed by atoms with Crippen molar-refractivity contribution in [1.82, 2.24) is 9.80 Å². The third-order valence-corrected chi connectivity index (χ3v) is 3.87. The molecule has 1 aliphatic heterocycles. The number of carbonyl (C=O) groups excluding carboxylic acids is 2. The van der Waals surface area contributed by atoms with Crippen molar-refractivity contribution in [2.75, 3.05) is 26.2 Å². The smallest absolute Gasteiger partial charge is 0.410 e. The zero-order valence-corrected chi connectivity index (χ0v) is 12.2. The Balaban J connectivity index is 1.82. The molecule has 6 nitrogen and oxygen atoms in total. The summed E-state index contributed by atoms with van der Waals surface area (Å²) < 4.78 is 5.15. The van der Waals surface area contributed by atoms with Gasteiger partial charge in [-0.1, -0.05) is 13.8 Å². The summed E-state index contributed by atoms with van der Waals surface area (Å²) in [7, 11) is 0. The van der Waals surface area contributed by atoms with Gasteiger partial charge in [-0.2, -0.15) is 0 Å². The minimum atomic E-state index is -0.404. The lowest BCUT2D eigenvalue weighted by molar-refractivity contribution is -0.138. The van der Waals surface area contributed by atoms with Gasteiger partial charge in [0, 0.05) is 19.1 Å². The summed E-state index contributed by atoms with van der Waals surface area (Å²) in [5, 5.41) is 9.56. The molecule has 1 saturated carbocycles. The van der Waals surface area contributed by atoms with Gasteiger partial charge in [0.15, 0.2) is 0 Å². The molecule has 2 rings (SSSR count). The molecular weight excluding hydrogens is 260 g/mol. The van der Waals surface area contributed by atoms with Gasteiger partial charge in [0.2, 0.25) is 5.91 Å². The number of aliphatic hydroxyl groups is 1. The monoisotopic (exact) mass is 284 g/mol. The largest absolute Gasteiger partial charge is 0.449 e. The maximum atomic E-state index is 12.1. The summed E-state index contributed by atoms with van der Waals surface area (Å²) in [5.41, 5.74) is 0. The predicted molar refractivity (Wildman–Crippen MR) is 73.1 cm³/mol. The first kappa shape index (κ1) is 15.1. The van der Waals surface area contributed by atoms with E-state index >= 15 is 0 Å². The highest BCUT2D eigenvalue weighted by molar-refractivity contribution is 5.83. The van der Waals surface area contributed by atoms with E-state index in [1.54, 1.807) is 0 Å². The number of piperazine rings is 1. The zero-order valence-electron chi connectivity index (χ0n) is 12.2. The number of hydrogen-bond acceptors (Lipinski definition) is 4. The molecule has 20 heavy (non-hydrogen) atoms. The summed E-state index contributed by atoms with van der Waals surface area (Å²) in [6.07, 6.45) is 1.57. The Bertz CT molecular complexity index is 372. The highest BCUT2D eigenvalue weighted by Gasteiger charge is 2.35. The molecule has 0 unspecified atom stereocenters. The fourth-order valence-corrected chi connectivity index (χ4v) is 2.78. The van der Waals surface area contributed by atoms with Crippen LogP contribution in [0.3, 0.4) is 0 Å². The fraction of sp³-hybridized carbons (Fsp3) is 0.857. The Morgan fingerprint density at radius 1 is 1.40 bits per heavy atom. The minimum Gasteiger partial charge on any atom is -0.449 e. The van der Waals surface area contributed by atoms with E-state index in [0.717, 1.165) is 12.8 Å². The lowest BCUT2D eigenvalue weighted by Crippen LogP contribution is -2.55. The van der Waals surface area contributed by atoms with Crippen LogP contribution in [0.5, 0.6) is 0 Å². The first-order valence-corrected chi connectivity index (χ1v) is 7.36. The van der Waals surface area contributed by atoms with E-state index < -0.39 is 6.09 Å².